The van der Waals surface area contributed by atoms with E-state index in [4.69, 9.17) is 4.74 Å². The summed E-state index contributed by atoms with van der Waals surface area (Å²) in [6.07, 6.45) is 0. The van der Waals surface area contributed by atoms with Gasteiger partial charge in [-0.05, 0) is 12.5 Å². The second-order valence-electron chi connectivity index (χ2n) is 4.21. The van der Waals surface area contributed by atoms with Crippen LogP contribution < -0.4 is 5.32 Å². The monoisotopic (exact) mass is 270 g/mol. The van der Waals surface area contributed by atoms with Crippen LogP contribution in [0.4, 0.5) is 0 Å². The van der Waals surface area contributed by atoms with Crippen molar-refractivity contribution in [3.63, 3.8) is 0 Å². The molecular formula is C11H14N2O4S. The van der Waals surface area contributed by atoms with Crippen molar-refractivity contribution < 1.29 is 19.1 Å². The number of amides is 2. The van der Waals surface area contributed by atoms with Crippen LogP contribution in [0.1, 0.15) is 13.8 Å². The summed E-state index contributed by atoms with van der Waals surface area (Å²) >= 11 is 1.53. The van der Waals surface area contributed by atoms with Crippen molar-refractivity contribution in [2.75, 3.05) is 12.9 Å². The van der Waals surface area contributed by atoms with Gasteiger partial charge < -0.3 is 10.1 Å². The van der Waals surface area contributed by atoms with Crippen LogP contribution in [0.25, 0.3) is 0 Å². The lowest BCUT2D eigenvalue weighted by molar-refractivity contribution is -0.151. The van der Waals surface area contributed by atoms with Gasteiger partial charge in [0, 0.05) is 12.7 Å². The van der Waals surface area contributed by atoms with Gasteiger partial charge in [0.05, 0.1) is 7.11 Å². The van der Waals surface area contributed by atoms with Gasteiger partial charge in [-0.3, -0.25) is 14.5 Å². The zero-order chi connectivity index (χ0) is 13.4. The highest BCUT2D eigenvalue weighted by Crippen LogP contribution is 2.40. The standard InChI is InChI=1S/C11H14N2O4S/c1-5-4-18-10-7(12-6(2)14)9(15)13(10)8(5)11(16)17-3/h7,10H,4H2,1-3H3,(H,12,14)/t7-,10-/m1/s1. The predicted molar refractivity (Wildman–Crippen MR) is 65.4 cm³/mol. The van der Waals surface area contributed by atoms with Crippen LogP contribution >= 0.6 is 11.8 Å². The summed E-state index contributed by atoms with van der Waals surface area (Å²) in [5.74, 6) is -0.372. The van der Waals surface area contributed by atoms with Crippen molar-refractivity contribution in [1.29, 1.82) is 0 Å². The molecule has 1 saturated heterocycles. The van der Waals surface area contributed by atoms with E-state index >= 15 is 0 Å². The third-order valence-electron chi connectivity index (χ3n) is 2.90. The summed E-state index contributed by atoms with van der Waals surface area (Å²) < 4.78 is 4.69. The first-order chi connectivity index (χ1) is 8.47. The van der Waals surface area contributed by atoms with Gasteiger partial charge >= 0.3 is 5.97 Å². The Balaban J connectivity index is 2.23. The van der Waals surface area contributed by atoms with Gasteiger partial charge in [-0.15, -0.1) is 11.8 Å². The van der Waals surface area contributed by atoms with Gasteiger partial charge in [0.1, 0.15) is 17.1 Å². The highest BCUT2D eigenvalue weighted by molar-refractivity contribution is 8.00. The first-order valence-electron chi connectivity index (χ1n) is 5.47. The molecule has 0 aliphatic carbocycles. The lowest BCUT2D eigenvalue weighted by atomic mass is 10.0. The zero-order valence-electron chi connectivity index (χ0n) is 10.4. The molecule has 18 heavy (non-hydrogen) atoms. The number of esters is 1. The second kappa shape index (κ2) is 4.64. The van der Waals surface area contributed by atoms with Crippen molar-refractivity contribution in [3.05, 3.63) is 11.3 Å². The Morgan fingerprint density at radius 3 is 2.72 bits per heavy atom. The van der Waals surface area contributed by atoms with Crippen molar-refractivity contribution in [3.8, 4) is 0 Å². The summed E-state index contributed by atoms with van der Waals surface area (Å²) in [6.45, 7) is 3.17. The van der Waals surface area contributed by atoms with Gasteiger partial charge in [0.25, 0.3) is 5.91 Å². The third-order valence-corrected chi connectivity index (χ3v) is 4.32. The van der Waals surface area contributed by atoms with E-state index in [9.17, 15) is 14.4 Å². The molecule has 7 heteroatoms. The van der Waals surface area contributed by atoms with E-state index in [1.165, 1.54) is 30.7 Å². The number of hydrogen-bond acceptors (Lipinski definition) is 5. The predicted octanol–water partition coefficient (Wildman–Crippen LogP) is -0.147. The van der Waals surface area contributed by atoms with Gasteiger partial charge in [-0.25, -0.2) is 4.79 Å². The van der Waals surface area contributed by atoms with Crippen LogP contribution in [0.5, 0.6) is 0 Å². The number of ether oxygens (including phenoxy) is 1. The van der Waals surface area contributed by atoms with Crippen LogP contribution in [0.2, 0.25) is 0 Å². The molecule has 1 fully saturated rings. The van der Waals surface area contributed by atoms with Crippen LogP contribution in [-0.2, 0) is 19.1 Å². The zero-order valence-corrected chi connectivity index (χ0v) is 11.2. The van der Waals surface area contributed by atoms with E-state index in [1.54, 1.807) is 6.92 Å². The molecule has 2 heterocycles. The Morgan fingerprint density at radius 2 is 2.17 bits per heavy atom. The second-order valence-corrected chi connectivity index (χ2v) is 5.31. The molecule has 0 saturated carbocycles. The number of fused-ring (bicyclic) bond motifs is 1. The lowest BCUT2D eigenvalue weighted by Gasteiger charge is -2.49. The SMILES string of the molecule is COC(=O)C1=C(C)CS[C@@H]2[C@H](NC(C)=O)C(=O)N12. The van der Waals surface area contributed by atoms with Crippen LogP contribution in [-0.4, -0.2) is 47.0 Å². The number of nitrogens with one attached hydrogen (secondary N) is 1. The summed E-state index contributed by atoms with van der Waals surface area (Å²) in [7, 11) is 1.29. The quantitative estimate of drug-likeness (QED) is 0.558. The molecule has 2 rings (SSSR count). The minimum absolute atomic E-state index is 0.209. The maximum Gasteiger partial charge on any atom is 0.354 e. The number of rotatable bonds is 2. The average Bonchev–Trinajstić information content (AvgIpc) is 2.34. The maximum atomic E-state index is 12.0. The molecule has 0 bridgehead atoms. The average molecular weight is 270 g/mol. The Hall–Kier alpha value is -1.50. The molecule has 2 aliphatic rings. The largest absolute Gasteiger partial charge is 0.464 e. The van der Waals surface area contributed by atoms with Crippen molar-refractivity contribution in [2.45, 2.75) is 25.3 Å². The molecular weight excluding hydrogens is 256 g/mol. The van der Waals surface area contributed by atoms with Crippen LogP contribution in [0.15, 0.2) is 11.3 Å². The fourth-order valence-corrected chi connectivity index (χ4v) is 3.37. The topological polar surface area (TPSA) is 75.7 Å². The fraction of sp³-hybridized carbons (Fsp3) is 0.545. The van der Waals surface area contributed by atoms with Crippen molar-refractivity contribution >= 4 is 29.5 Å². The molecule has 1 N–H and O–H groups in total. The van der Waals surface area contributed by atoms with Crippen LogP contribution in [0.3, 0.4) is 0 Å². The van der Waals surface area contributed by atoms with Gasteiger partial charge in [0.15, 0.2) is 0 Å². The van der Waals surface area contributed by atoms with Crippen molar-refractivity contribution in [2.24, 2.45) is 0 Å². The molecule has 2 amide bonds. The first kappa shape index (κ1) is 12.9. The minimum Gasteiger partial charge on any atom is -0.464 e. The highest BCUT2D eigenvalue weighted by Gasteiger charge is 2.53. The van der Waals surface area contributed by atoms with E-state index in [1.807, 2.05) is 0 Å². The molecule has 0 spiro atoms. The number of thioether (sulfide) groups is 1. The molecule has 98 valence electrons. The third kappa shape index (κ3) is 1.88. The Labute approximate surface area is 109 Å². The molecule has 0 unspecified atom stereocenters. The molecule has 0 aromatic carbocycles. The molecule has 0 aromatic rings. The fourth-order valence-electron chi connectivity index (χ4n) is 2.08. The molecule has 0 radical (unpaired) electrons. The minimum atomic E-state index is -0.541. The maximum absolute atomic E-state index is 12.0. The van der Waals surface area contributed by atoms with Gasteiger partial charge in [-0.1, -0.05) is 0 Å². The number of hydrogen-bond donors (Lipinski definition) is 1. The van der Waals surface area contributed by atoms with Crippen LogP contribution in [0, 0.1) is 0 Å². The number of methoxy groups -OCH3 is 1. The normalized spacial score (nSPS) is 26.4. The molecule has 2 aliphatic heterocycles. The summed E-state index contributed by atoms with van der Waals surface area (Å²) in [5.41, 5.74) is 1.13. The van der Waals surface area contributed by atoms with E-state index in [-0.39, 0.29) is 17.2 Å². The summed E-state index contributed by atoms with van der Waals surface area (Å²) in [6, 6.07) is -0.541. The molecule has 2 atom stereocenters. The molecule has 6 nitrogen and oxygen atoms in total. The Bertz CT molecular complexity index is 460. The smallest absolute Gasteiger partial charge is 0.354 e. The summed E-state index contributed by atoms with van der Waals surface area (Å²) in [4.78, 5) is 36.1. The summed E-state index contributed by atoms with van der Waals surface area (Å²) in [5, 5.41) is 2.39. The highest BCUT2D eigenvalue weighted by atomic mass is 32.2. The molecule has 0 aromatic heterocycles. The Morgan fingerprint density at radius 1 is 1.50 bits per heavy atom. The number of β-lactam (4-membered cyclic amide) rings is 1. The van der Waals surface area contributed by atoms with Gasteiger partial charge in [0.2, 0.25) is 5.91 Å². The number of nitrogens with zero attached hydrogens (tertiary/aromatic N) is 1. The Kier molecular flexibility index (Phi) is 3.34. The van der Waals surface area contributed by atoms with Gasteiger partial charge in [-0.2, -0.15) is 0 Å². The van der Waals surface area contributed by atoms with E-state index in [0.29, 0.717) is 11.4 Å². The van der Waals surface area contributed by atoms with Crippen molar-refractivity contribution in [1.82, 2.24) is 10.2 Å². The first-order valence-corrected chi connectivity index (χ1v) is 6.52. The van der Waals surface area contributed by atoms with E-state index in [2.05, 4.69) is 5.32 Å². The number of carbonyl (C=O) groups is 3. The number of carbonyl (C=O) groups excluding carboxylic acids is 3. The lowest BCUT2D eigenvalue weighted by Crippen LogP contribution is -2.70. The van der Waals surface area contributed by atoms with E-state index in [0.717, 1.165) is 5.57 Å². The van der Waals surface area contributed by atoms with E-state index < -0.39 is 12.0 Å².